The molecular weight excluding hydrogens is 363 g/mol. The summed E-state index contributed by atoms with van der Waals surface area (Å²) in [6, 6.07) is 2.34. The monoisotopic (exact) mass is 369 g/mol. The molecule has 1 aromatic heterocycles. The number of aromatic amines is 2. The number of hydrogen-bond acceptors (Lipinski definition) is 4. The Balaban J connectivity index is 2.46. The van der Waals surface area contributed by atoms with Crippen molar-refractivity contribution in [3.05, 3.63) is 55.8 Å². The predicted octanol–water partition coefficient (Wildman–Crippen LogP) is 1.54. The second-order valence-electron chi connectivity index (χ2n) is 4.23. The Labute approximate surface area is 131 Å². The molecule has 0 fully saturated rings. The number of hydrogen-bond donors (Lipinski definition) is 3. The van der Waals surface area contributed by atoms with Gasteiger partial charge in [0.15, 0.2) is 4.90 Å². The highest BCUT2D eigenvalue weighted by molar-refractivity contribution is 7.92. The Morgan fingerprint density at radius 2 is 1.83 bits per heavy atom. The van der Waals surface area contributed by atoms with Crippen molar-refractivity contribution in [1.82, 2.24) is 9.97 Å². The second kappa shape index (κ2) is 5.74. The summed E-state index contributed by atoms with van der Waals surface area (Å²) in [7, 11) is -4.51. The molecule has 1 aromatic carbocycles. The molecule has 12 heteroatoms. The largest absolute Gasteiger partial charge is 0.417 e. The minimum absolute atomic E-state index is 0.452. The third-order valence-electron chi connectivity index (χ3n) is 2.60. The van der Waals surface area contributed by atoms with Gasteiger partial charge in [0.1, 0.15) is 0 Å². The van der Waals surface area contributed by atoms with E-state index in [-0.39, 0.29) is 0 Å². The zero-order valence-corrected chi connectivity index (χ0v) is 12.4. The molecule has 0 radical (unpaired) electrons. The van der Waals surface area contributed by atoms with Crippen LogP contribution in [0.4, 0.5) is 18.9 Å². The smallest absolute Gasteiger partial charge is 0.313 e. The van der Waals surface area contributed by atoms with Gasteiger partial charge in [-0.15, -0.1) is 0 Å². The first-order chi connectivity index (χ1) is 10.5. The Morgan fingerprint density at radius 1 is 1.17 bits per heavy atom. The van der Waals surface area contributed by atoms with E-state index in [2.05, 4.69) is 0 Å². The summed E-state index contributed by atoms with van der Waals surface area (Å²) in [5, 5.41) is -0.609. The fourth-order valence-corrected chi connectivity index (χ4v) is 2.89. The molecule has 0 saturated carbocycles. The van der Waals surface area contributed by atoms with Gasteiger partial charge in [-0.25, -0.2) is 13.2 Å². The Kier molecular flexibility index (Phi) is 4.26. The van der Waals surface area contributed by atoms with E-state index in [1.54, 1.807) is 9.71 Å². The zero-order valence-electron chi connectivity index (χ0n) is 10.9. The van der Waals surface area contributed by atoms with E-state index in [1.807, 2.05) is 4.98 Å². The zero-order chi connectivity index (χ0) is 17.4. The molecule has 0 amide bonds. The number of sulfonamides is 1. The summed E-state index contributed by atoms with van der Waals surface area (Å²) < 4.78 is 64.0. The van der Waals surface area contributed by atoms with Gasteiger partial charge in [-0.1, -0.05) is 11.6 Å². The minimum atomic E-state index is -4.78. The number of alkyl halides is 3. The summed E-state index contributed by atoms with van der Waals surface area (Å²) >= 11 is 5.42. The number of H-pyrrole nitrogens is 2. The standard InChI is InChI=1S/C11H7ClF3N3O4S/c12-7-2-1-5(3-6(7)11(13,14)15)18-23(21,22)8-4-16-10(20)17-9(8)19/h1-4,18H,(H2,16,17,19,20). The highest BCUT2D eigenvalue weighted by Crippen LogP contribution is 2.36. The van der Waals surface area contributed by atoms with Crippen LogP contribution in [0.1, 0.15) is 5.56 Å². The van der Waals surface area contributed by atoms with E-state index >= 15 is 0 Å². The summed E-state index contributed by atoms with van der Waals surface area (Å²) in [5.41, 5.74) is -3.84. The van der Waals surface area contributed by atoms with Crippen molar-refractivity contribution in [1.29, 1.82) is 0 Å². The normalized spacial score (nSPS) is 12.2. The summed E-state index contributed by atoms with van der Waals surface area (Å²) in [4.78, 5) is 25.1. The van der Waals surface area contributed by atoms with E-state index in [0.29, 0.717) is 12.3 Å². The van der Waals surface area contributed by atoms with Gasteiger partial charge >= 0.3 is 11.9 Å². The van der Waals surface area contributed by atoms with Gasteiger partial charge in [0.2, 0.25) is 0 Å². The van der Waals surface area contributed by atoms with Crippen molar-refractivity contribution >= 4 is 27.3 Å². The molecule has 1 heterocycles. The number of anilines is 1. The van der Waals surface area contributed by atoms with Crippen molar-refractivity contribution < 1.29 is 21.6 Å². The van der Waals surface area contributed by atoms with Crippen LogP contribution in [0.15, 0.2) is 38.9 Å². The van der Waals surface area contributed by atoms with Crippen LogP contribution in [-0.4, -0.2) is 18.4 Å². The maximum atomic E-state index is 12.7. The SMILES string of the molecule is O=c1[nH]cc(S(=O)(=O)Nc2ccc(Cl)c(C(F)(F)F)c2)c(=O)[nH]1. The predicted molar refractivity (Wildman–Crippen MR) is 74.9 cm³/mol. The van der Waals surface area contributed by atoms with E-state index in [9.17, 15) is 31.2 Å². The van der Waals surface area contributed by atoms with Gasteiger partial charge in [-0.05, 0) is 18.2 Å². The van der Waals surface area contributed by atoms with Crippen LogP contribution in [0.25, 0.3) is 0 Å². The highest BCUT2D eigenvalue weighted by atomic mass is 35.5. The second-order valence-corrected chi connectivity index (χ2v) is 6.29. The fraction of sp³-hybridized carbons (Fsp3) is 0.0909. The molecule has 0 aliphatic rings. The number of rotatable bonds is 3. The maximum absolute atomic E-state index is 12.7. The van der Waals surface area contributed by atoms with E-state index in [0.717, 1.165) is 12.1 Å². The molecule has 0 aliphatic heterocycles. The number of benzene rings is 1. The number of nitrogens with one attached hydrogen (secondary N) is 3. The summed E-state index contributed by atoms with van der Waals surface area (Å²) in [5.74, 6) is 0. The van der Waals surface area contributed by atoms with Crippen LogP contribution in [0.3, 0.4) is 0 Å². The van der Waals surface area contributed by atoms with E-state index in [1.165, 1.54) is 0 Å². The lowest BCUT2D eigenvalue weighted by Crippen LogP contribution is -2.29. The molecule has 0 unspecified atom stereocenters. The molecule has 3 N–H and O–H groups in total. The third-order valence-corrected chi connectivity index (χ3v) is 4.31. The lowest BCUT2D eigenvalue weighted by atomic mass is 10.2. The molecule has 0 atom stereocenters. The first-order valence-corrected chi connectivity index (χ1v) is 7.58. The molecular formula is C11H7ClF3N3O4S. The number of aromatic nitrogens is 2. The fourth-order valence-electron chi connectivity index (χ4n) is 1.61. The van der Waals surface area contributed by atoms with Gasteiger partial charge in [0, 0.05) is 11.9 Å². The molecule has 2 rings (SSSR count). The molecule has 23 heavy (non-hydrogen) atoms. The van der Waals surface area contributed by atoms with Gasteiger partial charge in [-0.2, -0.15) is 13.2 Å². The molecule has 7 nitrogen and oxygen atoms in total. The van der Waals surface area contributed by atoms with Crippen LogP contribution >= 0.6 is 11.6 Å². The molecule has 0 spiro atoms. The van der Waals surface area contributed by atoms with E-state index in [4.69, 9.17) is 11.6 Å². The van der Waals surface area contributed by atoms with Gasteiger partial charge < -0.3 is 4.98 Å². The highest BCUT2D eigenvalue weighted by Gasteiger charge is 2.33. The molecule has 2 aromatic rings. The van der Waals surface area contributed by atoms with Gasteiger partial charge in [-0.3, -0.25) is 14.5 Å². The first kappa shape index (κ1) is 17.1. The molecule has 0 bridgehead atoms. The Bertz CT molecular complexity index is 965. The quantitative estimate of drug-likeness (QED) is 0.761. The van der Waals surface area contributed by atoms with Gasteiger partial charge in [0.05, 0.1) is 10.6 Å². The van der Waals surface area contributed by atoms with E-state index < -0.39 is 48.6 Å². The van der Waals surface area contributed by atoms with Gasteiger partial charge in [0.25, 0.3) is 15.6 Å². The average molecular weight is 370 g/mol. The first-order valence-electron chi connectivity index (χ1n) is 5.72. The number of halogens is 4. The van der Waals surface area contributed by atoms with Crippen LogP contribution in [0.2, 0.25) is 5.02 Å². The Hall–Kier alpha value is -2.27. The van der Waals surface area contributed by atoms with Crippen molar-refractivity contribution in [2.24, 2.45) is 0 Å². The van der Waals surface area contributed by atoms with Crippen LogP contribution in [0.5, 0.6) is 0 Å². The maximum Gasteiger partial charge on any atom is 0.417 e. The third kappa shape index (κ3) is 3.74. The average Bonchev–Trinajstić information content (AvgIpc) is 2.39. The van der Waals surface area contributed by atoms with Crippen molar-refractivity contribution in [2.75, 3.05) is 4.72 Å². The summed E-state index contributed by atoms with van der Waals surface area (Å²) in [6.45, 7) is 0. The molecule has 0 saturated heterocycles. The minimum Gasteiger partial charge on any atom is -0.313 e. The van der Waals surface area contributed by atoms with Crippen LogP contribution in [0, 0.1) is 0 Å². The van der Waals surface area contributed by atoms with Crippen molar-refractivity contribution in [2.45, 2.75) is 11.1 Å². The Morgan fingerprint density at radius 3 is 2.39 bits per heavy atom. The topological polar surface area (TPSA) is 112 Å². The molecule has 0 aliphatic carbocycles. The van der Waals surface area contributed by atoms with Crippen molar-refractivity contribution in [3.8, 4) is 0 Å². The van der Waals surface area contributed by atoms with Crippen LogP contribution in [-0.2, 0) is 16.2 Å². The lowest BCUT2D eigenvalue weighted by molar-refractivity contribution is -0.137. The summed E-state index contributed by atoms with van der Waals surface area (Å²) in [6.07, 6.45) is -4.15. The lowest BCUT2D eigenvalue weighted by Gasteiger charge is -2.12. The van der Waals surface area contributed by atoms with Crippen molar-refractivity contribution in [3.63, 3.8) is 0 Å². The molecule has 124 valence electrons. The van der Waals surface area contributed by atoms with Crippen LogP contribution < -0.4 is 16.0 Å².